The Morgan fingerprint density at radius 1 is 0.929 bits per heavy atom. The number of likely N-dealkylation sites (tertiary alicyclic amines) is 1. The highest BCUT2D eigenvalue weighted by Gasteiger charge is 2.56. The highest BCUT2D eigenvalue weighted by Crippen LogP contribution is 2.43. The SMILES string of the molecule is C=C(CCl)C(C(=O)OC(c1ccccc1)c1ccccc1)N1C(=O)C2N=C(CCc3cccc(OC(=O)CCl)c3)SC21. The molecule has 3 atom stereocenters. The molecule has 5 rings (SSSR count). The first kappa shape index (κ1) is 29.9. The Balaban J connectivity index is 1.28. The molecule has 7 nitrogen and oxygen atoms in total. The predicted molar refractivity (Wildman–Crippen MR) is 165 cm³/mol. The number of aliphatic imine (C=N–C) groups is 1. The zero-order valence-electron chi connectivity index (χ0n) is 22.5. The van der Waals surface area contributed by atoms with Gasteiger partial charge in [-0.05, 0) is 47.2 Å². The minimum atomic E-state index is -1.04. The van der Waals surface area contributed by atoms with E-state index in [2.05, 4.69) is 11.6 Å². The van der Waals surface area contributed by atoms with Crippen LogP contribution < -0.4 is 4.74 Å². The third-order valence-corrected chi connectivity index (χ3v) is 8.83. The van der Waals surface area contributed by atoms with E-state index in [9.17, 15) is 14.4 Å². The lowest BCUT2D eigenvalue weighted by atomic mass is 9.98. The van der Waals surface area contributed by atoms with Crippen LogP contribution in [0.1, 0.15) is 29.2 Å². The van der Waals surface area contributed by atoms with Crippen LogP contribution in [0.2, 0.25) is 0 Å². The molecule has 1 saturated heterocycles. The van der Waals surface area contributed by atoms with E-state index in [1.54, 1.807) is 18.2 Å². The van der Waals surface area contributed by atoms with Crippen molar-refractivity contribution in [3.63, 3.8) is 0 Å². The summed E-state index contributed by atoms with van der Waals surface area (Å²) >= 11 is 13.1. The maximum Gasteiger partial charge on any atom is 0.334 e. The van der Waals surface area contributed by atoms with E-state index < -0.39 is 30.1 Å². The van der Waals surface area contributed by atoms with Crippen LogP contribution >= 0.6 is 35.0 Å². The van der Waals surface area contributed by atoms with Gasteiger partial charge in [-0.25, -0.2) is 4.79 Å². The number of thioether (sulfide) groups is 1. The summed E-state index contributed by atoms with van der Waals surface area (Å²) in [6, 6.07) is 24.5. The van der Waals surface area contributed by atoms with Crippen molar-refractivity contribution in [2.45, 2.75) is 36.4 Å². The molecule has 0 spiro atoms. The molecule has 0 radical (unpaired) electrons. The second-order valence-corrected chi connectivity index (χ2v) is 11.5. The van der Waals surface area contributed by atoms with Crippen LogP contribution in [-0.2, 0) is 25.5 Å². The van der Waals surface area contributed by atoms with Crippen molar-refractivity contribution in [1.29, 1.82) is 0 Å². The molecular weight excluding hydrogens is 595 g/mol. The molecule has 216 valence electrons. The lowest BCUT2D eigenvalue weighted by Gasteiger charge is -2.45. The summed E-state index contributed by atoms with van der Waals surface area (Å²) in [5.74, 6) is -1.19. The Morgan fingerprint density at radius 2 is 1.60 bits per heavy atom. The first-order chi connectivity index (χ1) is 20.4. The number of halogens is 2. The molecule has 0 aliphatic carbocycles. The van der Waals surface area contributed by atoms with Gasteiger partial charge < -0.3 is 14.4 Å². The van der Waals surface area contributed by atoms with Crippen molar-refractivity contribution < 1.29 is 23.9 Å². The van der Waals surface area contributed by atoms with Gasteiger partial charge >= 0.3 is 11.9 Å². The van der Waals surface area contributed by atoms with Gasteiger partial charge in [-0.1, -0.05) is 91.1 Å². The Bertz CT molecular complexity index is 1460. The summed E-state index contributed by atoms with van der Waals surface area (Å²) in [6.07, 6.45) is 0.545. The maximum absolute atomic E-state index is 13.8. The van der Waals surface area contributed by atoms with Crippen molar-refractivity contribution in [1.82, 2.24) is 4.90 Å². The van der Waals surface area contributed by atoms with Gasteiger partial charge in [-0.15, -0.1) is 23.2 Å². The number of hydrogen-bond donors (Lipinski definition) is 0. The fourth-order valence-electron chi connectivity index (χ4n) is 4.92. The fraction of sp³-hybridized carbons (Fsp3) is 0.250. The van der Waals surface area contributed by atoms with Crippen LogP contribution in [0.4, 0.5) is 0 Å². The Kier molecular flexibility index (Phi) is 9.67. The van der Waals surface area contributed by atoms with E-state index in [1.807, 2.05) is 66.7 Å². The van der Waals surface area contributed by atoms with Crippen molar-refractivity contribution in [2.75, 3.05) is 11.8 Å². The molecule has 2 heterocycles. The number of nitrogens with zero attached hydrogens (tertiary/aromatic N) is 2. The molecule has 3 unspecified atom stereocenters. The van der Waals surface area contributed by atoms with Gasteiger partial charge in [0.15, 0.2) is 18.2 Å². The third-order valence-electron chi connectivity index (χ3n) is 6.96. The van der Waals surface area contributed by atoms with Crippen molar-refractivity contribution >= 4 is 57.9 Å². The van der Waals surface area contributed by atoms with E-state index in [4.69, 9.17) is 32.7 Å². The molecule has 1 fully saturated rings. The first-order valence-electron chi connectivity index (χ1n) is 13.3. The molecule has 0 aromatic heterocycles. The number of aryl methyl sites for hydroxylation is 1. The first-order valence-corrected chi connectivity index (χ1v) is 15.3. The molecule has 10 heteroatoms. The summed E-state index contributed by atoms with van der Waals surface area (Å²) in [7, 11) is 0. The van der Waals surface area contributed by atoms with Gasteiger partial charge in [0.1, 0.15) is 17.0 Å². The minimum absolute atomic E-state index is 0.00864. The maximum atomic E-state index is 13.8. The van der Waals surface area contributed by atoms with Crippen molar-refractivity contribution in [3.8, 4) is 5.75 Å². The molecule has 1 amide bonds. The summed E-state index contributed by atoms with van der Waals surface area (Å²) in [4.78, 5) is 44.7. The van der Waals surface area contributed by atoms with E-state index in [0.29, 0.717) is 24.2 Å². The molecule has 3 aromatic rings. The van der Waals surface area contributed by atoms with Crippen LogP contribution in [0.15, 0.2) is 102 Å². The quantitative estimate of drug-likeness (QED) is 0.0817. The molecule has 0 saturated carbocycles. The van der Waals surface area contributed by atoms with Crippen LogP contribution in [0.5, 0.6) is 5.75 Å². The third kappa shape index (κ3) is 6.56. The number of alkyl halides is 2. The molecule has 2 aliphatic heterocycles. The monoisotopic (exact) mass is 622 g/mol. The fourth-order valence-corrected chi connectivity index (χ4v) is 6.44. The lowest BCUT2D eigenvalue weighted by Crippen LogP contribution is -2.66. The average Bonchev–Trinajstić information content (AvgIpc) is 3.41. The van der Waals surface area contributed by atoms with Gasteiger partial charge in [0.25, 0.3) is 5.91 Å². The number of ether oxygens (including phenoxy) is 2. The summed E-state index contributed by atoms with van der Waals surface area (Å²) < 4.78 is 11.3. The number of amides is 1. The Hall–Kier alpha value is -3.59. The smallest absolute Gasteiger partial charge is 0.334 e. The molecular formula is C32H28Cl2N2O5S. The van der Waals surface area contributed by atoms with Gasteiger partial charge in [-0.2, -0.15) is 0 Å². The van der Waals surface area contributed by atoms with Gasteiger partial charge in [0.2, 0.25) is 0 Å². The molecule has 2 aliphatic rings. The highest BCUT2D eigenvalue weighted by molar-refractivity contribution is 8.14. The molecule has 42 heavy (non-hydrogen) atoms. The number of hydrogen-bond acceptors (Lipinski definition) is 7. The number of esters is 2. The number of β-lactam (4-membered cyclic amide) rings is 1. The van der Waals surface area contributed by atoms with Crippen LogP contribution in [0.25, 0.3) is 0 Å². The van der Waals surface area contributed by atoms with E-state index in [1.165, 1.54) is 16.7 Å². The second kappa shape index (κ2) is 13.6. The Labute approximate surface area is 258 Å². The topological polar surface area (TPSA) is 85.3 Å². The highest BCUT2D eigenvalue weighted by atomic mass is 35.5. The predicted octanol–water partition coefficient (Wildman–Crippen LogP) is 5.94. The Morgan fingerprint density at radius 3 is 2.21 bits per heavy atom. The number of rotatable bonds is 12. The normalized spacial score (nSPS) is 18.1. The van der Waals surface area contributed by atoms with Gasteiger partial charge in [-0.3, -0.25) is 14.6 Å². The van der Waals surface area contributed by atoms with Gasteiger partial charge in [0.05, 0.1) is 5.04 Å². The molecule has 0 N–H and O–H groups in total. The minimum Gasteiger partial charge on any atom is -0.451 e. The summed E-state index contributed by atoms with van der Waals surface area (Å²) in [6.45, 7) is 4.01. The van der Waals surface area contributed by atoms with Crippen molar-refractivity contribution in [2.24, 2.45) is 4.99 Å². The lowest BCUT2D eigenvalue weighted by molar-refractivity contribution is -0.163. The standard InChI is InChI=1S/C32H28Cl2N2O5S/c1-20(18-33)28(32(39)41-29(22-10-4-2-5-11-22)23-12-6-3-7-13-23)36-30(38)27-31(36)42-25(35-27)16-15-21-9-8-14-24(17-21)40-26(37)19-34/h2-14,17,27-29,31H,1,15-16,18-19H2. The van der Waals surface area contributed by atoms with Crippen molar-refractivity contribution in [3.05, 3.63) is 114 Å². The van der Waals surface area contributed by atoms with Crippen LogP contribution in [0, 0.1) is 0 Å². The summed E-state index contributed by atoms with van der Waals surface area (Å²) in [5, 5.41) is 0.451. The number of fused-ring (bicyclic) bond motifs is 1. The number of carbonyl (C=O) groups excluding carboxylic acids is 3. The number of carbonyl (C=O) groups is 3. The zero-order chi connectivity index (χ0) is 29.6. The van der Waals surface area contributed by atoms with E-state index in [0.717, 1.165) is 21.7 Å². The van der Waals surface area contributed by atoms with Crippen LogP contribution in [-0.4, -0.2) is 57.0 Å². The average molecular weight is 624 g/mol. The van der Waals surface area contributed by atoms with Crippen LogP contribution in [0.3, 0.4) is 0 Å². The van der Waals surface area contributed by atoms with E-state index >= 15 is 0 Å². The molecule has 3 aromatic carbocycles. The zero-order valence-corrected chi connectivity index (χ0v) is 24.9. The largest absolute Gasteiger partial charge is 0.451 e. The van der Waals surface area contributed by atoms with E-state index in [-0.39, 0.29) is 23.0 Å². The second-order valence-electron chi connectivity index (χ2n) is 9.81. The molecule has 0 bridgehead atoms. The number of benzene rings is 3. The summed E-state index contributed by atoms with van der Waals surface area (Å²) in [5.41, 5.74) is 2.95. The van der Waals surface area contributed by atoms with Gasteiger partial charge in [0, 0.05) is 5.88 Å².